The van der Waals surface area contributed by atoms with E-state index in [1.807, 2.05) is 11.8 Å². The van der Waals surface area contributed by atoms with Crippen LogP contribution >= 0.6 is 11.8 Å². The molecule has 2 aliphatic rings. The quantitative estimate of drug-likeness (QED) is 0.776. The first kappa shape index (κ1) is 14.4. The molecule has 3 heteroatoms. The van der Waals surface area contributed by atoms with E-state index in [0.717, 1.165) is 19.1 Å². The number of hydrogen-bond acceptors (Lipinski definition) is 3. The molecule has 2 fully saturated rings. The van der Waals surface area contributed by atoms with Crippen molar-refractivity contribution in [3.05, 3.63) is 30.3 Å². The molecule has 1 aliphatic carbocycles. The van der Waals surface area contributed by atoms with Gasteiger partial charge in [-0.3, -0.25) is 0 Å². The highest BCUT2D eigenvalue weighted by Gasteiger charge is 2.50. The number of ether oxygens (including phenoxy) is 1. The fraction of sp³-hybridized carbons (Fsp3) is 0.647. The van der Waals surface area contributed by atoms with E-state index in [2.05, 4.69) is 42.7 Å². The molecule has 1 N–H and O–H groups in total. The predicted octanol–water partition coefficient (Wildman–Crippen LogP) is 3.57. The molecule has 2 unspecified atom stereocenters. The van der Waals surface area contributed by atoms with Crippen molar-refractivity contribution < 1.29 is 4.74 Å². The molecule has 1 aliphatic heterocycles. The van der Waals surface area contributed by atoms with Gasteiger partial charge in [0.1, 0.15) is 0 Å². The van der Waals surface area contributed by atoms with E-state index in [-0.39, 0.29) is 0 Å². The second-order valence-electron chi connectivity index (χ2n) is 6.18. The molecule has 0 spiro atoms. The standard InChI is InChI=1S/C17H25NOS/c1-18-13-17(9-11-19-16(17)14-7-8-14)10-12-20-15-5-3-2-4-6-15/h2-6,14,16,18H,7-13H2,1H3. The number of hydrogen-bond donors (Lipinski definition) is 1. The Balaban J connectivity index is 1.59. The van der Waals surface area contributed by atoms with Crippen LogP contribution in [0.15, 0.2) is 35.2 Å². The summed E-state index contributed by atoms with van der Waals surface area (Å²) in [5.74, 6) is 2.03. The summed E-state index contributed by atoms with van der Waals surface area (Å²) in [7, 11) is 2.08. The highest BCUT2D eigenvalue weighted by Crippen LogP contribution is 2.49. The van der Waals surface area contributed by atoms with Gasteiger partial charge in [-0.05, 0) is 56.5 Å². The normalized spacial score (nSPS) is 29.8. The van der Waals surface area contributed by atoms with Gasteiger partial charge in [-0.25, -0.2) is 0 Å². The van der Waals surface area contributed by atoms with Gasteiger partial charge in [0.2, 0.25) is 0 Å². The monoisotopic (exact) mass is 291 g/mol. The number of thioether (sulfide) groups is 1. The van der Waals surface area contributed by atoms with Crippen molar-refractivity contribution in [1.29, 1.82) is 0 Å². The fourth-order valence-corrected chi connectivity index (χ4v) is 4.62. The van der Waals surface area contributed by atoms with Crippen LogP contribution in [0.25, 0.3) is 0 Å². The van der Waals surface area contributed by atoms with Crippen LogP contribution < -0.4 is 5.32 Å². The van der Waals surface area contributed by atoms with Gasteiger partial charge in [-0.15, -0.1) is 11.8 Å². The summed E-state index contributed by atoms with van der Waals surface area (Å²) in [6.07, 6.45) is 5.74. The van der Waals surface area contributed by atoms with Crippen molar-refractivity contribution in [2.75, 3.05) is 26.0 Å². The molecule has 0 bridgehead atoms. The first-order valence-corrected chi connectivity index (χ1v) is 8.77. The molecule has 0 radical (unpaired) electrons. The molecule has 2 atom stereocenters. The zero-order valence-electron chi connectivity index (χ0n) is 12.3. The maximum atomic E-state index is 6.10. The third-order valence-corrected chi connectivity index (χ3v) is 5.71. The average Bonchev–Trinajstić information content (AvgIpc) is 3.23. The molecule has 3 rings (SSSR count). The van der Waals surface area contributed by atoms with Gasteiger partial charge in [0.05, 0.1) is 6.10 Å². The predicted molar refractivity (Wildman–Crippen MR) is 85.2 cm³/mol. The molecule has 2 nitrogen and oxygen atoms in total. The Labute approximate surface area is 126 Å². The third kappa shape index (κ3) is 3.21. The molecular weight excluding hydrogens is 266 g/mol. The molecule has 0 amide bonds. The van der Waals surface area contributed by atoms with Crippen molar-refractivity contribution in [3.8, 4) is 0 Å². The Morgan fingerprint density at radius 2 is 2.10 bits per heavy atom. The Hall–Kier alpha value is -0.510. The molecule has 1 saturated carbocycles. The second-order valence-corrected chi connectivity index (χ2v) is 7.35. The summed E-state index contributed by atoms with van der Waals surface area (Å²) in [5.41, 5.74) is 0.373. The van der Waals surface area contributed by atoms with Gasteiger partial charge in [-0.1, -0.05) is 18.2 Å². The fourth-order valence-electron chi connectivity index (χ4n) is 3.53. The van der Waals surface area contributed by atoms with Crippen LogP contribution in [0.4, 0.5) is 0 Å². The molecule has 1 heterocycles. The van der Waals surface area contributed by atoms with Crippen molar-refractivity contribution >= 4 is 11.8 Å². The van der Waals surface area contributed by atoms with E-state index in [1.165, 1.54) is 36.3 Å². The Kier molecular flexibility index (Phi) is 4.69. The van der Waals surface area contributed by atoms with Crippen LogP contribution in [0.3, 0.4) is 0 Å². The van der Waals surface area contributed by atoms with Gasteiger partial charge >= 0.3 is 0 Å². The summed E-state index contributed by atoms with van der Waals surface area (Å²) in [5, 5.41) is 3.42. The molecule has 1 aromatic carbocycles. The summed E-state index contributed by atoms with van der Waals surface area (Å²) >= 11 is 1.98. The minimum absolute atomic E-state index is 0.373. The molecule has 20 heavy (non-hydrogen) atoms. The van der Waals surface area contributed by atoms with Crippen LogP contribution in [-0.2, 0) is 4.74 Å². The van der Waals surface area contributed by atoms with Crippen LogP contribution in [-0.4, -0.2) is 32.1 Å². The second kappa shape index (κ2) is 6.50. The van der Waals surface area contributed by atoms with Crippen LogP contribution in [0.2, 0.25) is 0 Å². The van der Waals surface area contributed by atoms with Crippen LogP contribution in [0, 0.1) is 11.3 Å². The van der Waals surface area contributed by atoms with E-state index in [4.69, 9.17) is 4.74 Å². The highest BCUT2D eigenvalue weighted by atomic mass is 32.2. The van der Waals surface area contributed by atoms with Crippen molar-refractivity contribution in [1.82, 2.24) is 5.32 Å². The summed E-state index contributed by atoms with van der Waals surface area (Å²) in [4.78, 5) is 1.38. The number of rotatable bonds is 7. The van der Waals surface area contributed by atoms with Crippen molar-refractivity contribution in [3.63, 3.8) is 0 Å². The van der Waals surface area contributed by atoms with E-state index in [9.17, 15) is 0 Å². The lowest BCUT2D eigenvalue weighted by atomic mass is 9.76. The maximum Gasteiger partial charge on any atom is 0.0672 e. The topological polar surface area (TPSA) is 21.3 Å². The zero-order valence-corrected chi connectivity index (χ0v) is 13.1. The van der Waals surface area contributed by atoms with E-state index < -0.39 is 0 Å². The maximum absolute atomic E-state index is 6.10. The minimum Gasteiger partial charge on any atom is -0.377 e. The molecule has 1 aromatic rings. The molecule has 0 aromatic heterocycles. The first-order chi connectivity index (χ1) is 9.84. The average molecular weight is 291 g/mol. The summed E-state index contributed by atoms with van der Waals surface area (Å²) in [6, 6.07) is 10.7. The van der Waals surface area contributed by atoms with Gasteiger partial charge < -0.3 is 10.1 Å². The highest BCUT2D eigenvalue weighted by molar-refractivity contribution is 7.99. The lowest BCUT2D eigenvalue weighted by Gasteiger charge is -2.34. The SMILES string of the molecule is CNCC1(CCSc2ccccc2)CCOC1C1CC1. The summed E-state index contributed by atoms with van der Waals surface area (Å²) in [6.45, 7) is 2.06. The van der Waals surface area contributed by atoms with Gasteiger partial charge in [0.15, 0.2) is 0 Å². The van der Waals surface area contributed by atoms with Crippen molar-refractivity contribution in [2.24, 2.45) is 11.3 Å². The van der Waals surface area contributed by atoms with E-state index in [0.29, 0.717) is 11.5 Å². The van der Waals surface area contributed by atoms with E-state index in [1.54, 1.807) is 0 Å². The Morgan fingerprint density at radius 3 is 2.80 bits per heavy atom. The minimum atomic E-state index is 0.373. The molecular formula is C17H25NOS. The molecule has 110 valence electrons. The van der Waals surface area contributed by atoms with Gasteiger partial charge in [0, 0.05) is 23.5 Å². The van der Waals surface area contributed by atoms with Crippen LogP contribution in [0.5, 0.6) is 0 Å². The van der Waals surface area contributed by atoms with Crippen LogP contribution in [0.1, 0.15) is 25.7 Å². The number of benzene rings is 1. The summed E-state index contributed by atoms with van der Waals surface area (Å²) < 4.78 is 6.10. The lowest BCUT2D eigenvalue weighted by molar-refractivity contribution is 0.0301. The largest absolute Gasteiger partial charge is 0.377 e. The Bertz CT molecular complexity index is 420. The number of nitrogens with one attached hydrogen (secondary N) is 1. The van der Waals surface area contributed by atoms with Gasteiger partial charge in [-0.2, -0.15) is 0 Å². The third-order valence-electron chi connectivity index (χ3n) is 4.69. The zero-order chi connectivity index (χ0) is 13.8. The first-order valence-electron chi connectivity index (χ1n) is 7.78. The molecule has 1 saturated heterocycles. The smallest absolute Gasteiger partial charge is 0.0672 e. The Morgan fingerprint density at radius 1 is 1.30 bits per heavy atom. The van der Waals surface area contributed by atoms with Gasteiger partial charge in [0.25, 0.3) is 0 Å². The van der Waals surface area contributed by atoms with E-state index >= 15 is 0 Å². The van der Waals surface area contributed by atoms with Crippen molar-refractivity contribution in [2.45, 2.75) is 36.7 Å². The lowest BCUT2D eigenvalue weighted by Crippen LogP contribution is -2.41.